The van der Waals surface area contributed by atoms with Crippen LogP contribution in [0.1, 0.15) is 0 Å². The zero-order valence-corrected chi connectivity index (χ0v) is 5.84. The Balaban J connectivity index is 5.08. The van der Waals surface area contributed by atoms with Gasteiger partial charge in [-0.3, -0.25) is 9.59 Å². The fourth-order valence-electron chi connectivity index (χ4n) is 0.510. The third kappa shape index (κ3) is 2.29. The smallest absolute Gasteiger partial charge is 0.153 e. The Kier molecular flexibility index (Phi) is 3.73. The van der Waals surface area contributed by atoms with Crippen molar-refractivity contribution >= 4 is 12.6 Å². The normalized spacial score (nSPS) is 11.4. The molecule has 0 atom stereocenters. The van der Waals surface area contributed by atoms with Crippen LogP contribution >= 0.6 is 0 Å². The number of halogens is 1. The third-order valence-electron chi connectivity index (χ3n) is 1.07. The minimum Gasteiger partial charge on any atom is -0.298 e. The molecule has 0 aliphatic carbocycles. The van der Waals surface area contributed by atoms with E-state index in [1.165, 1.54) is 0 Å². The Hall–Kier alpha value is -1.51. The largest absolute Gasteiger partial charge is 0.298 e. The van der Waals surface area contributed by atoms with Crippen molar-refractivity contribution in [3.8, 4) is 0 Å². The van der Waals surface area contributed by atoms with E-state index in [0.717, 1.165) is 6.08 Å². The van der Waals surface area contributed by atoms with Gasteiger partial charge in [-0.2, -0.15) is 0 Å². The molecule has 0 saturated heterocycles. The van der Waals surface area contributed by atoms with Crippen LogP contribution in [0.2, 0.25) is 0 Å². The van der Waals surface area contributed by atoms with Crippen molar-refractivity contribution in [1.29, 1.82) is 0 Å². The molecule has 0 bridgehead atoms. The second kappa shape index (κ2) is 4.33. The van der Waals surface area contributed by atoms with Crippen LogP contribution in [0.3, 0.4) is 0 Å². The number of rotatable bonds is 4. The first-order valence-corrected chi connectivity index (χ1v) is 2.79. The molecule has 0 N–H and O–H groups in total. The van der Waals surface area contributed by atoms with E-state index < -0.39 is 5.83 Å². The van der Waals surface area contributed by atoms with Crippen molar-refractivity contribution in [2.45, 2.75) is 0 Å². The monoisotopic (exact) mass is 154 g/mol. The Morgan fingerprint density at radius 2 is 1.82 bits per heavy atom. The van der Waals surface area contributed by atoms with Gasteiger partial charge in [0.05, 0.1) is 5.57 Å². The number of hydrogen-bond acceptors (Lipinski definition) is 2. The van der Waals surface area contributed by atoms with Crippen LogP contribution < -0.4 is 0 Å². The molecule has 11 heavy (non-hydrogen) atoms. The Labute approximate surface area is 63.7 Å². The summed E-state index contributed by atoms with van der Waals surface area (Å²) in [6.07, 6.45) is 1.68. The van der Waals surface area contributed by atoms with E-state index in [1.807, 2.05) is 0 Å². The molecule has 0 radical (unpaired) electrons. The van der Waals surface area contributed by atoms with Crippen LogP contribution in [0.25, 0.3) is 0 Å². The van der Waals surface area contributed by atoms with E-state index in [0.29, 0.717) is 6.29 Å². The summed E-state index contributed by atoms with van der Waals surface area (Å²) in [4.78, 5) is 20.3. The lowest BCUT2D eigenvalue weighted by molar-refractivity contribution is -0.107. The minimum absolute atomic E-state index is 0.0903. The molecule has 3 heteroatoms. The van der Waals surface area contributed by atoms with E-state index >= 15 is 0 Å². The maximum absolute atomic E-state index is 12.3. The molecule has 0 aromatic heterocycles. The lowest BCUT2D eigenvalue weighted by Crippen LogP contribution is -1.92. The maximum atomic E-state index is 12.3. The highest BCUT2D eigenvalue weighted by molar-refractivity contribution is 5.92. The molecular weight excluding hydrogens is 147 g/mol. The van der Waals surface area contributed by atoms with Crippen LogP contribution in [0.5, 0.6) is 0 Å². The van der Waals surface area contributed by atoms with Crippen molar-refractivity contribution < 1.29 is 14.0 Å². The summed E-state index contributed by atoms with van der Waals surface area (Å²) in [7, 11) is 0. The first-order chi connectivity index (χ1) is 5.17. The van der Waals surface area contributed by atoms with Crippen molar-refractivity contribution in [3.05, 3.63) is 36.2 Å². The van der Waals surface area contributed by atoms with Gasteiger partial charge in [0.15, 0.2) is 12.6 Å². The number of carbonyl (C=O) groups excluding carboxylic acids is 2. The first kappa shape index (κ1) is 9.49. The van der Waals surface area contributed by atoms with Crippen molar-refractivity contribution in [2.75, 3.05) is 0 Å². The second-order valence-electron chi connectivity index (χ2n) is 1.71. The number of carbonyl (C=O) groups is 2. The Bertz CT molecular complexity index is 228. The molecule has 0 aromatic carbocycles. The van der Waals surface area contributed by atoms with Crippen LogP contribution in [0.15, 0.2) is 36.2 Å². The minimum atomic E-state index is -0.929. The van der Waals surface area contributed by atoms with Crippen LogP contribution in [-0.4, -0.2) is 12.6 Å². The van der Waals surface area contributed by atoms with Gasteiger partial charge in [-0.05, 0) is 0 Å². The third-order valence-corrected chi connectivity index (χ3v) is 1.07. The molecular formula is C8H7FO2. The standard InChI is InChI=1S/C8H7FO2/c1-3-7(4-10)8(5-11)6(2)9/h3-5H,1-2H2/b8-7+. The molecule has 0 unspecified atom stereocenters. The van der Waals surface area contributed by atoms with Gasteiger partial charge in [0.25, 0.3) is 0 Å². The first-order valence-electron chi connectivity index (χ1n) is 2.79. The van der Waals surface area contributed by atoms with Crippen LogP contribution in [-0.2, 0) is 9.59 Å². The molecule has 0 aliphatic heterocycles. The highest BCUT2D eigenvalue weighted by atomic mass is 19.1. The molecule has 0 aromatic rings. The van der Waals surface area contributed by atoms with Gasteiger partial charge in [0.1, 0.15) is 5.83 Å². The lowest BCUT2D eigenvalue weighted by atomic mass is 10.1. The Morgan fingerprint density at radius 3 is 1.91 bits per heavy atom. The molecule has 58 valence electrons. The maximum Gasteiger partial charge on any atom is 0.153 e. The summed E-state index contributed by atoms with van der Waals surface area (Å²) in [6, 6.07) is 0. The van der Waals surface area contributed by atoms with Crippen LogP contribution in [0.4, 0.5) is 4.39 Å². The average Bonchev–Trinajstić information content (AvgIpc) is 1.99. The quantitative estimate of drug-likeness (QED) is 0.348. The summed E-state index contributed by atoms with van der Waals surface area (Å²) in [5.74, 6) is -0.929. The molecule has 0 spiro atoms. The molecule has 0 heterocycles. The number of hydrogen-bond donors (Lipinski definition) is 0. The predicted molar refractivity (Wildman–Crippen MR) is 39.6 cm³/mol. The topological polar surface area (TPSA) is 34.1 Å². The average molecular weight is 154 g/mol. The SMILES string of the molecule is C=C/C(C=O)=C(/C=O)C(=C)F. The van der Waals surface area contributed by atoms with E-state index in [4.69, 9.17) is 0 Å². The van der Waals surface area contributed by atoms with E-state index in [-0.39, 0.29) is 17.4 Å². The van der Waals surface area contributed by atoms with Gasteiger partial charge in [-0.25, -0.2) is 4.39 Å². The van der Waals surface area contributed by atoms with Gasteiger partial charge in [-0.1, -0.05) is 19.2 Å². The summed E-state index contributed by atoms with van der Waals surface area (Å²) >= 11 is 0. The molecule has 2 nitrogen and oxygen atoms in total. The highest BCUT2D eigenvalue weighted by Gasteiger charge is 2.04. The van der Waals surface area contributed by atoms with E-state index in [9.17, 15) is 14.0 Å². The fourth-order valence-corrected chi connectivity index (χ4v) is 0.510. The van der Waals surface area contributed by atoms with Gasteiger partial charge in [0, 0.05) is 5.57 Å². The van der Waals surface area contributed by atoms with Gasteiger partial charge in [-0.15, -0.1) is 0 Å². The van der Waals surface area contributed by atoms with Crippen molar-refractivity contribution in [3.63, 3.8) is 0 Å². The predicted octanol–water partition coefficient (Wildman–Crippen LogP) is 1.35. The molecule has 0 fully saturated rings. The molecule has 0 amide bonds. The lowest BCUT2D eigenvalue weighted by Gasteiger charge is -1.94. The molecule has 0 aliphatic rings. The molecule has 0 rings (SSSR count). The summed E-state index contributed by atoms with van der Waals surface area (Å²) in [5, 5.41) is 0. The van der Waals surface area contributed by atoms with Crippen molar-refractivity contribution in [2.24, 2.45) is 0 Å². The van der Waals surface area contributed by atoms with E-state index in [1.54, 1.807) is 0 Å². The fraction of sp³-hybridized carbons (Fsp3) is 0. The van der Waals surface area contributed by atoms with Gasteiger partial charge >= 0.3 is 0 Å². The summed E-state index contributed by atoms with van der Waals surface area (Å²) in [5.41, 5.74) is -0.442. The van der Waals surface area contributed by atoms with Gasteiger partial charge < -0.3 is 0 Å². The van der Waals surface area contributed by atoms with Crippen LogP contribution in [0, 0.1) is 0 Å². The number of aldehydes is 2. The summed E-state index contributed by atoms with van der Waals surface area (Å²) < 4.78 is 12.3. The number of allylic oxidation sites excluding steroid dienone is 4. The van der Waals surface area contributed by atoms with Gasteiger partial charge in [0.2, 0.25) is 0 Å². The van der Waals surface area contributed by atoms with Crippen molar-refractivity contribution in [1.82, 2.24) is 0 Å². The van der Waals surface area contributed by atoms with E-state index in [2.05, 4.69) is 13.2 Å². The molecule has 0 saturated carbocycles. The Morgan fingerprint density at radius 1 is 1.27 bits per heavy atom. The zero-order chi connectivity index (χ0) is 8.85. The second-order valence-corrected chi connectivity index (χ2v) is 1.71. The zero-order valence-electron chi connectivity index (χ0n) is 5.84. The summed E-state index contributed by atoms with van der Waals surface area (Å²) in [6.45, 7) is 6.11. The highest BCUT2D eigenvalue weighted by Crippen LogP contribution is 2.10.